The molecule has 31 heavy (non-hydrogen) atoms. The average molecular weight is 435 g/mol. The molecule has 0 aliphatic heterocycles. The van der Waals surface area contributed by atoms with E-state index in [0.29, 0.717) is 16.5 Å². The van der Waals surface area contributed by atoms with E-state index in [1.165, 1.54) is 6.92 Å². The van der Waals surface area contributed by atoms with Gasteiger partial charge in [0.15, 0.2) is 0 Å². The molecule has 0 bridgehead atoms. The zero-order valence-electron chi connectivity index (χ0n) is 17.2. The first-order valence-corrected chi connectivity index (χ1v) is 11.2. The lowest BCUT2D eigenvalue weighted by molar-refractivity contribution is -0.114. The fraction of sp³-hybridized carbons (Fsp3) is 0.125. The molecule has 7 heteroatoms. The molecule has 4 rings (SSSR count). The number of benzene rings is 4. The Balaban J connectivity index is 1.63. The highest BCUT2D eigenvalue weighted by Crippen LogP contribution is 2.29. The van der Waals surface area contributed by atoms with Crippen molar-refractivity contribution in [2.75, 3.05) is 12.4 Å². The van der Waals surface area contributed by atoms with Crippen LogP contribution < -0.4 is 14.8 Å². The maximum atomic E-state index is 13.1. The van der Waals surface area contributed by atoms with E-state index >= 15 is 0 Å². The minimum absolute atomic E-state index is 0.159. The first-order valence-electron chi connectivity index (χ1n) is 9.73. The second-order valence-electron chi connectivity index (χ2n) is 7.21. The highest BCUT2D eigenvalue weighted by atomic mass is 32.2. The summed E-state index contributed by atoms with van der Waals surface area (Å²) in [5.74, 6) is 0.559. The third kappa shape index (κ3) is 4.38. The quantitative estimate of drug-likeness (QED) is 0.470. The van der Waals surface area contributed by atoms with E-state index in [2.05, 4.69) is 10.0 Å². The van der Waals surface area contributed by atoms with Crippen molar-refractivity contribution < 1.29 is 17.9 Å². The molecule has 0 heterocycles. The summed E-state index contributed by atoms with van der Waals surface area (Å²) < 4.78 is 34.1. The van der Waals surface area contributed by atoms with Crippen LogP contribution in [0.4, 0.5) is 5.69 Å². The summed E-state index contributed by atoms with van der Waals surface area (Å²) in [6, 6.07) is 21.8. The number of nitrogens with one attached hydrogen (secondary N) is 2. The Kier molecular flexibility index (Phi) is 5.63. The second kappa shape index (κ2) is 8.37. The number of carbonyl (C=O) groups excluding carboxylic acids is 1. The van der Waals surface area contributed by atoms with Crippen LogP contribution in [-0.2, 0) is 21.4 Å². The van der Waals surface area contributed by atoms with Crippen molar-refractivity contribution in [2.24, 2.45) is 0 Å². The van der Waals surface area contributed by atoms with Gasteiger partial charge in [0, 0.05) is 29.9 Å². The van der Waals surface area contributed by atoms with Gasteiger partial charge in [-0.3, -0.25) is 4.79 Å². The van der Waals surface area contributed by atoms with Gasteiger partial charge in [0.1, 0.15) is 5.75 Å². The van der Waals surface area contributed by atoms with E-state index in [-0.39, 0.29) is 17.3 Å². The van der Waals surface area contributed by atoms with Crippen molar-refractivity contribution in [1.29, 1.82) is 0 Å². The molecule has 0 aromatic heterocycles. The number of hydrogen-bond acceptors (Lipinski definition) is 4. The van der Waals surface area contributed by atoms with Crippen molar-refractivity contribution in [1.82, 2.24) is 4.72 Å². The summed E-state index contributed by atoms with van der Waals surface area (Å²) >= 11 is 0. The van der Waals surface area contributed by atoms with Gasteiger partial charge in [0.2, 0.25) is 15.9 Å². The Labute approximate surface area is 180 Å². The van der Waals surface area contributed by atoms with Crippen molar-refractivity contribution in [2.45, 2.75) is 18.4 Å². The van der Waals surface area contributed by atoms with E-state index in [0.717, 1.165) is 22.1 Å². The van der Waals surface area contributed by atoms with Crippen molar-refractivity contribution >= 4 is 43.2 Å². The molecule has 0 atom stereocenters. The smallest absolute Gasteiger partial charge is 0.241 e. The molecule has 0 aliphatic carbocycles. The Morgan fingerprint density at radius 3 is 2.39 bits per heavy atom. The molecule has 0 unspecified atom stereocenters. The van der Waals surface area contributed by atoms with E-state index in [4.69, 9.17) is 4.74 Å². The van der Waals surface area contributed by atoms with Crippen molar-refractivity contribution in [3.05, 3.63) is 78.4 Å². The standard InChI is InChI=1S/C24H22N2O4S/c1-16(27)26-23-7-3-6-22-21(23)5-4-8-24(22)31(28,29)25-15-17-9-10-19-14-20(30-2)12-11-18(19)13-17/h3-14,25H,15H2,1-2H3,(H,26,27). The van der Waals surface area contributed by atoms with E-state index in [1.54, 1.807) is 43.5 Å². The number of hydrogen-bond donors (Lipinski definition) is 2. The Morgan fingerprint density at radius 2 is 1.61 bits per heavy atom. The molecule has 0 fully saturated rings. The monoisotopic (exact) mass is 434 g/mol. The van der Waals surface area contributed by atoms with Crippen molar-refractivity contribution in [3.63, 3.8) is 0 Å². The first-order chi connectivity index (χ1) is 14.9. The third-order valence-electron chi connectivity index (χ3n) is 5.06. The molecule has 1 amide bonds. The molecule has 0 saturated carbocycles. The van der Waals surface area contributed by atoms with Crippen molar-refractivity contribution in [3.8, 4) is 5.75 Å². The lowest BCUT2D eigenvalue weighted by Gasteiger charge is -2.12. The molecule has 158 valence electrons. The number of sulfonamides is 1. The third-order valence-corrected chi connectivity index (χ3v) is 6.52. The van der Waals surface area contributed by atoms with Gasteiger partial charge in [-0.05, 0) is 46.7 Å². The molecular weight excluding hydrogens is 412 g/mol. The fourth-order valence-electron chi connectivity index (χ4n) is 3.58. The minimum Gasteiger partial charge on any atom is -0.497 e. The summed E-state index contributed by atoms with van der Waals surface area (Å²) in [5.41, 5.74) is 1.42. The van der Waals surface area contributed by atoms with Gasteiger partial charge in [0.25, 0.3) is 0 Å². The van der Waals surface area contributed by atoms with Gasteiger partial charge in [-0.2, -0.15) is 0 Å². The van der Waals surface area contributed by atoms with Crippen LogP contribution in [-0.4, -0.2) is 21.4 Å². The molecule has 0 spiro atoms. The second-order valence-corrected chi connectivity index (χ2v) is 8.95. The summed E-state index contributed by atoms with van der Waals surface area (Å²) in [5, 5.41) is 5.98. The molecule has 0 saturated heterocycles. The van der Waals surface area contributed by atoms with Crippen LogP contribution in [0.15, 0.2) is 77.7 Å². The topological polar surface area (TPSA) is 84.5 Å². The molecule has 6 nitrogen and oxygen atoms in total. The molecular formula is C24H22N2O4S. The molecule has 4 aromatic carbocycles. The van der Waals surface area contributed by atoms with Gasteiger partial charge < -0.3 is 10.1 Å². The van der Waals surface area contributed by atoms with Crippen LogP contribution >= 0.6 is 0 Å². The number of rotatable bonds is 6. The summed E-state index contributed by atoms with van der Waals surface area (Å²) in [4.78, 5) is 11.6. The fourth-order valence-corrected chi connectivity index (χ4v) is 4.82. The molecule has 4 aromatic rings. The number of anilines is 1. The Bertz CT molecular complexity index is 1400. The summed E-state index contributed by atoms with van der Waals surface area (Å²) in [7, 11) is -2.16. The SMILES string of the molecule is COc1ccc2cc(CNS(=O)(=O)c3cccc4c(NC(C)=O)cccc34)ccc2c1. The van der Waals surface area contributed by atoms with E-state index in [1.807, 2.05) is 36.4 Å². The maximum Gasteiger partial charge on any atom is 0.241 e. The van der Waals surface area contributed by atoms with Crippen LogP contribution in [0.3, 0.4) is 0 Å². The van der Waals surface area contributed by atoms with Crippen LogP contribution in [0.1, 0.15) is 12.5 Å². The number of ether oxygens (including phenoxy) is 1. The zero-order valence-corrected chi connectivity index (χ0v) is 18.0. The van der Waals surface area contributed by atoms with Crippen LogP contribution in [0, 0.1) is 0 Å². The van der Waals surface area contributed by atoms with Gasteiger partial charge in [0.05, 0.1) is 12.0 Å². The molecule has 0 radical (unpaired) electrons. The number of fused-ring (bicyclic) bond motifs is 2. The number of amides is 1. The minimum atomic E-state index is -3.78. The lowest BCUT2D eigenvalue weighted by Crippen LogP contribution is -2.23. The van der Waals surface area contributed by atoms with Crippen LogP contribution in [0.5, 0.6) is 5.75 Å². The highest BCUT2D eigenvalue weighted by Gasteiger charge is 2.18. The largest absolute Gasteiger partial charge is 0.497 e. The number of methoxy groups -OCH3 is 1. The van der Waals surface area contributed by atoms with Gasteiger partial charge in [-0.1, -0.05) is 42.5 Å². The Hall–Kier alpha value is -3.42. The summed E-state index contributed by atoms with van der Waals surface area (Å²) in [6.45, 7) is 1.58. The average Bonchev–Trinajstić information content (AvgIpc) is 2.76. The van der Waals surface area contributed by atoms with Crippen LogP contribution in [0.2, 0.25) is 0 Å². The Morgan fingerprint density at radius 1 is 0.903 bits per heavy atom. The maximum absolute atomic E-state index is 13.1. The lowest BCUT2D eigenvalue weighted by atomic mass is 10.1. The predicted molar refractivity (Wildman–Crippen MR) is 123 cm³/mol. The van der Waals surface area contributed by atoms with E-state index in [9.17, 15) is 13.2 Å². The zero-order chi connectivity index (χ0) is 22.0. The molecule has 0 aliphatic rings. The molecule has 2 N–H and O–H groups in total. The van der Waals surface area contributed by atoms with Crippen LogP contribution in [0.25, 0.3) is 21.5 Å². The predicted octanol–water partition coefficient (Wildman–Crippen LogP) is 4.44. The van der Waals surface area contributed by atoms with Gasteiger partial charge >= 0.3 is 0 Å². The van der Waals surface area contributed by atoms with Gasteiger partial charge in [-0.25, -0.2) is 13.1 Å². The van der Waals surface area contributed by atoms with Gasteiger partial charge in [-0.15, -0.1) is 0 Å². The first kappa shape index (κ1) is 20.8. The normalized spacial score (nSPS) is 11.5. The number of carbonyl (C=O) groups is 1. The highest BCUT2D eigenvalue weighted by molar-refractivity contribution is 7.89. The summed E-state index contributed by atoms with van der Waals surface area (Å²) in [6.07, 6.45) is 0. The van der Waals surface area contributed by atoms with E-state index < -0.39 is 10.0 Å².